The Morgan fingerprint density at radius 3 is 2.59 bits per heavy atom. The van der Waals surface area contributed by atoms with Crippen molar-refractivity contribution in [3.05, 3.63) is 24.3 Å². The highest BCUT2D eigenvalue weighted by atomic mass is 19.3. The van der Waals surface area contributed by atoms with E-state index < -0.39 is 25.0 Å². The molecule has 0 spiro atoms. The number of hydrogen-bond acceptors (Lipinski definition) is 4. The minimum Gasteiger partial charge on any atom is -0.373 e. The highest BCUT2D eigenvalue weighted by Crippen LogP contribution is 2.23. The molecular formula is C9H11F4N3O. The molecule has 0 amide bonds. The number of halogens is 4. The topological polar surface area (TPSA) is 61.0 Å². The van der Waals surface area contributed by atoms with Crippen molar-refractivity contribution in [1.82, 2.24) is 9.97 Å². The van der Waals surface area contributed by atoms with Gasteiger partial charge in [0.05, 0.1) is 24.5 Å². The molecule has 0 aliphatic heterocycles. The summed E-state index contributed by atoms with van der Waals surface area (Å²) in [6.45, 7) is -1.71. The van der Waals surface area contributed by atoms with E-state index in [4.69, 9.17) is 5.73 Å². The largest absolute Gasteiger partial charge is 0.373 e. The van der Waals surface area contributed by atoms with Gasteiger partial charge >= 0.3 is 12.3 Å². The maximum absolute atomic E-state index is 12.5. The fraction of sp³-hybridized carbons (Fsp3) is 0.556. The van der Waals surface area contributed by atoms with Crippen LogP contribution in [0.3, 0.4) is 0 Å². The summed E-state index contributed by atoms with van der Waals surface area (Å²) < 4.78 is 52.9. The quantitative estimate of drug-likeness (QED) is 0.778. The van der Waals surface area contributed by atoms with Crippen molar-refractivity contribution >= 4 is 0 Å². The first-order valence-electron chi connectivity index (χ1n) is 4.68. The Hall–Kier alpha value is -1.28. The van der Waals surface area contributed by atoms with Crippen LogP contribution in [0.1, 0.15) is 11.7 Å². The lowest BCUT2D eigenvalue weighted by Gasteiger charge is -2.17. The van der Waals surface area contributed by atoms with Crippen LogP contribution in [-0.4, -0.2) is 35.5 Å². The van der Waals surface area contributed by atoms with Crippen LogP contribution in [-0.2, 0) is 4.74 Å². The van der Waals surface area contributed by atoms with E-state index in [9.17, 15) is 17.6 Å². The maximum atomic E-state index is 12.5. The van der Waals surface area contributed by atoms with E-state index in [0.29, 0.717) is 5.69 Å². The van der Waals surface area contributed by atoms with Crippen molar-refractivity contribution in [1.29, 1.82) is 0 Å². The van der Waals surface area contributed by atoms with Crippen LogP contribution in [0.25, 0.3) is 0 Å². The molecule has 0 saturated heterocycles. The Kier molecular flexibility index (Phi) is 4.76. The predicted octanol–water partition coefficient (Wildman–Crippen LogP) is 1.39. The summed E-state index contributed by atoms with van der Waals surface area (Å²) in [4.78, 5) is 7.55. The van der Waals surface area contributed by atoms with Crippen LogP contribution in [0.4, 0.5) is 17.6 Å². The molecule has 1 atom stereocenters. The summed E-state index contributed by atoms with van der Waals surface area (Å²) >= 11 is 0. The van der Waals surface area contributed by atoms with Gasteiger partial charge in [0.1, 0.15) is 6.61 Å². The van der Waals surface area contributed by atoms with E-state index in [-0.39, 0.29) is 6.61 Å². The van der Waals surface area contributed by atoms with Gasteiger partial charge in [-0.3, -0.25) is 9.97 Å². The average molecular weight is 253 g/mol. The zero-order valence-corrected chi connectivity index (χ0v) is 8.69. The molecule has 4 nitrogen and oxygen atoms in total. The third-order valence-electron chi connectivity index (χ3n) is 1.87. The first-order chi connectivity index (χ1) is 7.93. The molecular weight excluding hydrogens is 242 g/mol. The summed E-state index contributed by atoms with van der Waals surface area (Å²) in [5, 5.41) is 0. The third kappa shape index (κ3) is 4.23. The molecule has 17 heavy (non-hydrogen) atoms. The van der Waals surface area contributed by atoms with Crippen LogP contribution < -0.4 is 5.73 Å². The minimum absolute atomic E-state index is 0.332. The third-order valence-corrected chi connectivity index (χ3v) is 1.87. The number of hydrogen-bond donors (Lipinski definition) is 1. The molecule has 0 fully saturated rings. The van der Waals surface area contributed by atoms with Gasteiger partial charge in [-0.15, -0.1) is 0 Å². The molecule has 0 aliphatic rings. The van der Waals surface area contributed by atoms with Gasteiger partial charge in [-0.2, -0.15) is 8.78 Å². The van der Waals surface area contributed by atoms with Crippen molar-refractivity contribution in [3.8, 4) is 0 Å². The fourth-order valence-corrected chi connectivity index (χ4v) is 0.972. The van der Waals surface area contributed by atoms with Gasteiger partial charge < -0.3 is 10.5 Å². The number of nitrogens with two attached hydrogens (primary N) is 1. The second-order valence-electron chi connectivity index (χ2n) is 3.31. The molecule has 0 radical (unpaired) electrons. The molecule has 1 aromatic heterocycles. The Morgan fingerprint density at radius 2 is 2.06 bits per heavy atom. The SMILES string of the molecule is NC(COCC(F)(F)C(F)F)c1cnccn1. The van der Waals surface area contributed by atoms with Gasteiger partial charge in [-0.1, -0.05) is 0 Å². The molecule has 0 aromatic carbocycles. The lowest BCUT2D eigenvalue weighted by atomic mass is 10.2. The smallest absolute Gasteiger partial charge is 0.330 e. The molecule has 0 bridgehead atoms. The van der Waals surface area contributed by atoms with Gasteiger partial charge in [0, 0.05) is 12.4 Å². The van der Waals surface area contributed by atoms with E-state index in [2.05, 4.69) is 14.7 Å². The molecule has 96 valence electrons. The molecule has 1 unspecified atom stereocenters. The van der Waals surface area contributed by atoms with Crippen LogP contribution in [0.15, 0.2) is 18.6 Å². The number of nitrogens with zero attached hydrogens (tertiary/aromatic N) is 2. The first-order valence-corrected chi connectivity index (χ1v) is 4.68. The second-order valence-corrected chi connectivity index (χ2v) is 3.31. The number of alkyl halides is 4. The fourth-order valence-electron chi connectivity index (χ4n) is 0.972. The second kappa shape index (κ2) is 5.87. The molecule has 1 heterocycles. The molecule has 0 saturated carbocycles. The monoisotopic (exact) mass is 253 g/mol. The van der Waals surface area contributed by atoms with E-state index >= 15 is 0 Å². The summed E-state index contributed by atoms with van der Waals surface area (Å²) in [6, 6.07) is -0.780. The van der Waals surface area contributed by atoms with Gasteiger partial charge in [0.25, 0.3) is 0 Å². The van der Waals surface area contributed by atoms with Crippen molar-refractivity contribution in [2.75, 3.05) is 13.2 Å². The normalized spacial score (nSPS) is 14.0. The highest BCUT2D eigenvalue weighted by Gasteiger charge is 2.41. The lowest BCUT2D eigenvalue weighted by Crippen LogP contribution is -2.33. The molecule has 8 heteroatoms. The minimum atomic E-state index is -4.16. The zero-order chi connectivity index (χ0) is 12.9. The van der Waals surface area contributed by atoms with E-state index in [1.165, 1.54) is 18.6 Å². The lowest BCUT2D eigenvalue weighted by molar-refractivity contribution is -0.166. The van der Waals surface area contributed by atoms with Crippen molar-refractivity contribution < 1.29 is 22.3 Å². The Labute approximate surface area is 94.8 Å². The summed E-state index contributed by atoms with van der Waals surface area (Å²) in [5.74, 6) is -4.16. The van der Waals surface area contributed by atoms with Crippen molar-refractivity contribution in [2.24, 2.45) is 5.73 Å². The van der Waals surface area contributed by atoms with E-state index in [1.54, 1.807) is 0 Å². The number of ether oxygens (including phenoxy) is 1. The van der Waals surface area contributed by atoms with Gasteiger partial charge in [-0.25, -0.2) is 8.78 Å². The van der Waals surface area contributed by atoms with Crippen LogP contribution in [0.5, 0.6) is 0 Å². The predicted molar refractivity (Wildman–Crippen MR) is 50.7 cm³/mol. The van der Waals surface area contributed by atoms with Crippen LogP contribution in [0.2, 0.25) is 0 Å². The van der Waals surface area contributed by atoms with E-state index in [1.807, 2.05) is 0 Å². The standard InChI is InChI=1S/C9H11F4N3O/c10-8(11)9(12,13)5-17-4-6(14)7-3-15-1-2-16-7/h1-3,6,8H,4-5,14H2. The molecule has 0 aliphatic carbocycles. The molecule has 1 rings (SSSR count). The Bertz CT molecular complexity index is 336. The van der Waals surface area contributed by atoms with Gasteiger partial charge in [0.15, 0.2) is 0 Å². The van der Waals surface area contributed by atoms with Gasteiger partial charge in [0.2, 0.25) is 0 Å². The summed E-state index contributed by atoms with van der Waals surface area (Å²) in [6.07, 6.45) is 0.389. The highest BCUT2D eigenvalue weighted by molar-refractivity contribution is 5.00. The average Bonchev–Trinajstić information content (AvgIpc) is 2.29. The first kappa shape index (κ1) is 13.8. The molecule has 1 aromatic rings. The maximum Gasteiger partial charge on any atom is 0.330 e. The Balaban J connectivity index is 2.37. The zero-order valence-electron chi connectivity index (χ0n) is 8.69. The van der Waals surface area contributed by atoms with Gasteiger partial charge in [-0.05, 0) is 0 Å². The molecule has 2 N–H and O–H groups in total. The number of rotatable bonds is 6. The Morgan fingerprint density at radius 1 is 1.35 bits per heavy atom. The summed E-state index contributed by atoms with van der Waals surface area (Å²) in [7, 11) is 0. The summed E-state index contributed by atoms with van der Waals surface area (Å²) in [5.41, 5.74) is 5.88. The van der Waals surface area contributed by atoms with Crippen LogP contribution in [0, 0.1) is 0 Å². The number of aromatic nitrogens is 2. The van der Waals surface area contributed by atoms with E-state index in [0.717, 1.165) is 0 Å². The van der Waals surface area contributed by atoms with Crippen molar-refractivity contribution in [3.63, 3.8) is 0 Å². The van der Waals surface area contributed by atoms with Crippen LogP contribution >= 0.6 is 0 Å². The van der Waals surface area contributed by atoms with Crippen molar-refractivity contribution in [2.45, 2.75) is 18.4 Å².